The lowest BCUT2D eigenvalue weighted by molar-refractivity contribution is -0.320. The molecule has 104 valence electrons. The molecule has 2 N–H and O–H groups in total. The van der Waals surface area contributed by atoms with Gasteiger partial charge in [-0.15, -0.1) is 0 Å². The molecule has 2 aromatic carbocycles. The summed E-state index contributed by atoms with van der Waals surface area (Å²) in [5.41, 5.74) is 1.14. The summed E-state index contributed by atoms with van der Waals surface area (Å²) in [6.45, 7) is 1.88. The van der Waals surface area contributed by atoms with Gasteiger partial charge in [0, 0.05) is 0 Å². The van der Waals surface area contributed by atoms with Crippen LogP contribution < -0.4 is 0 Å². The van der Waals surface area contributed by atoms with Crippen molar-refractivity contribution in [1.82, 2.24) is 0 Å². The van der Waals surface area contributed by atoms with Crippen LogP contribution in [0, 0.1) is 0 Å². The van der Waals surface area contributed by atoms with Gasteiger partial charge in [0.05, 0.1) is 11.1 Å². The van der Waals surface area contributed by atoms with E-state index in [1.165, 1.54) is 6.07 Å². The molecule has 0 aliphatic heterocycles. The average molecular weight is 272 g/mol. The highest BCUT2D eigenvalue weighted by Crippen LogP contribution is 2.25. The van der Waals surface area contributed by atoms with E-state index in [0.29, 0.717) is 12.0 Å². The maximum absolute atomic E-state index is 11.9. The van der Waals surface area contributed by atoms with Gasteiger partial charge >= 0.3 is 11.9 Å². The normalized spacial score (nSPS) is 11.2. The number of esters is 1. The van der Waals surface area contributed by atoms with Crippen LogP contribution in [-0.4, -0.2) is 16.2 Å². The van der Waals surface area contributed by atoms with Gasteiger partial charge in [0.1, 0.15) is 0 Å². The molecule has 0 aliphatic rings. The Kier molecular flexibility index (Phi) is 4.17. The van der Waals surface area contributed by atoms with Crippen LogP contribution in [0.4, 0.5) is 0 Å². The lowest BCUT2D eigenvalue weighted by Crippen LogP contribution is -2.33. The van der Waals surface area contributed by atoms with Gasteiger partial charge in [-0.3, -0.25) is 0 Å². The first kappa shape index (κ1) is 14.2. The smallest absolute Gasteiger partial charge is 0.353 e. The third-order valence-electron chi connectivity index (χ3n) is 2.99. The van der Waals surface area contributed by atoms with Crippen molar-refractivity contribution in [1.29, 1.82) is 0 Å². The maximum Gasteiger partial charge on any atom is 0.353 e. The summed E-state index contributed by atoms with van der Waals surface area (Å²) in [4.78, 5) is 11.9. The Morgan fingerprint density at radius 1 is 1.05 bits per heavy atom. The average Bonchev–Trinajstić information content (AvgIpc) is 2.47. The summed E-state index contributed by atoms with van der Waals surface area (Å²) in [6, 6.07) is 14.9. The standard InChI is InChI=1S/C16H16O4/c1-2-12-8-6-7-11-14(12)16(18,19)20-15(17)13-9-4-3-5-10-13/h3-11,18-19H,2H2,1H3. The SMILES string of the molecule is CCc1ccccc1C(O)(O)OC(=O)c1ccccc1. The van der Waals surface area contributed by atoms with E-state index < -0.39 is 11.9 Å². The number of rotatable bonds is 4. The van der Waals surface area contributed by atoms with E-state index in [2.05, 4.69) is 0 Å². The minimum Gasteiger partial charge on any atom is -0.400 e. The van der Waals surface area contributed by atoms with Crippen LogP contribution in [-0.2, 0) is 17.1 Å². The lowest BCUT2D eigenvalue weighted by Gasteiger charge is -2.23. The highest BCUT2D eigenvalue weighted by molar-refractivity contribution is 5.89. The van der Waals surface area contributed by atoms with Crippen molar-refractivity contribution in [2.45, 2.75) is 19.3 Å². The van der Waals surface area contributed by atoms with E-state index >= 15 is 0 Å². The number of aliphatic hydroxyl groups is 2. The van der Waals surface area contributed by atoms with E-state index in [1.807, 2.05) is 6.92 Å². The molecule has 0 atom stereocenters. The van der Waals surface area contributed by atoms with Crippen LogP contribution >= 0.6 is 0 Å². The summed E-state index contributed by atoms with van der Waals surface area (Å²) in [6.07, 6.45) is 0.599. The second-order valence-electron chi connectivity index (χ2n) is 4.37. The molecule has 4 nitrogen and oxygen atoms in total. The van der Waals surface area contributed by atoms with Gasteiger partial charge in [-0.1, -0.05) is 43.3 Å². The van der Waals surface area contributed by atoms with Crippen molar-refractivity contribution < 1.29 is 19.7 Å². The number of ether oxygens (including phenoxy) is 1. The van der Waals surface area contributed by atoms with Crippen LogP contribution in [0.2, 0.25) is 0 Å². The monoisotopic (exact) mass is 272 g/mol. The summed E-state index contributed by atoms with van der Waals surface area (Å²) in [5, 5.41) is 20.1. The second kappa shape index (κ2) is 5.86. The molecule has 0 amide bonds. The third-order valence-corrected chi connectivity index (χ3v) is 2.99. The number of carbonyl (C=O) groups excluding carboxylic acids is 1. The zero-order valence-corrected chi connectivity index (χ0v) is 11.1. The molecule has 0 fully saturated rings. The zero-order chi connectivity index (χ0) is 14.6. The molecule has 0 spiro atoms. The van der Waals surface area contributed by atoms with Gasteiger partial charge in [0.25, 0.3) is 0 Å². The summed E-state index contributed by atoms with van der Waals surface area (Å²) in [5.74, 6) is -3.43. The minimum atomic E-state index is -2.64. The topological polar surface area (TPSA) is 66.8 Å². The Labute approximate surface area is 117 Å². The molecular formula is C16H16O4. The molecule has 0 saturated heterocycles. The molecule has 2 aromatic rings. The van der Waals surface area contributed by atoms with E-state index in [9.17, 15) is 15.0 Å². The quantitative estimate of drug-likeness (QED) is 0.661. The first-order chi connectivity index (χ1) is 9.54. The van der Waals surface area contributed by atoms with Crippen molar-refractivity contribution in [3.05, 3.63) is 71.3 Å². The van der Waals surface area contributed by atoms with Crippen LogP contribution in [0.3, 0.4) is 0 Å². The summed E-state index contributed by atoms with van der Waals surface area (Å²) in [7, 11) is 0. The molecule has 0 aromatic heterocycles. The first-order valence-electron chi connectivity index (χ1n) is 6.36. The predicted octanol–water partition coefficient (Wildman–Crippen LogP) is 2.20. The van der Waals surface area contributed by atoms with Gasteiger partial charge in [-0.05, 0) is 30.2 Å². The Balaban J connectivity index is 2.25. The Morgan fingerprint density at radius 2 is 1.65 bits per heavy atom. The predicted molar refractivity (Wildman–Crippen MR) is 73.8 cm³/mol. The van der Waals surface area contributed by atoms with Crippen molar-refractivity contribution in [3.63, 3.8) is 0 Å². The Bertz CT molecular complexity index is 590. The molecule has 0 unspecified atom stereocenters. The Hall–Kier alpha value is -2.17. The van der Waals surface area contributed by atoms with Crippen LogP contribution in [0.5, 0.6) is 0 Å². The van der Waals surface area contributed by atoms with E-state index in [4.69, 9.17) is 4.74 Å². The van der Waals surface area contributed by atoms with E-state index in [0.717, 1.165) is 0 Å². The molecule has 2 rings (SSSR count). The third kappa shape index (κ3) is 3.04. The highest BCUT2D eigenvalue weighted by Gasteiger charge is 2.33. The molecule has 0 bridgehead atoms. The van der Waals surface area contributed by atoms with Crippen molar-refractivity contribution in [2.75, 3.05) is 0 Å². The zero-order valence-electron chi connectivity index (χ0n) is 11.1. The van der Waals surface area contributed by atoms with Crippen molar-refractivity contribution in [2.24, 2.45) is 0 Å². The van der Waals surface area contributed by atoms with Gasteiger partial charge in [0.2, 0.25) is 0 Å². The number of carbonyl (C=O) groups is 1. The van der Waals surface area contributed by atoms with E-state index in [1.54, 1.807) is 48.5 Å². The number of aryl methyl sites for hydroxylation is 1. The molecular weight excluding hydrogens is 256 g/mol. The van der Waals surface area contributed by atoms with Crippen LogP contribution in [0.1, 0.15) is 28.4 Å². The number of benzene rings is 2. The fourth-order valence-corrected chi connectivity index (χ4v) is 1.96. The maximum atomic E-state index is 11.9. The largest absolute Gasteiger partial charge is 0.400 e. The Morgan fingerprint density at radius 3 is 2.30 bits per heavy atom. The fourth-order valence-electron chi connectivity index (χ4n) is 1.96. The van der Waals surface area contributed by atoms with E-state index in [-0.39, 0.29) is 11.1 Å². The molecule has 0 heterocycles. The summed E-state index contributed by atoms with van der Waals surface area (Å²) < 4.78 is 4.82. The number of hydrogen-bond donors (Lipinski definition) is 2. The van der Waals surface area contributed by atoms with Crippen LogP contribution in [0.15, 0.2) is 54.6 Å². The molecule has 4 heteroatoms. The van der Waals surface area contributed by atoms with Gasteiger partial charge < -0.3 is 14.9 Å². The lowest BCUT2D eigenvalue weighted by atomic mass is 10.0. The highest BCUT2D eigenvalue weighted by atomic mass is 16.8. The number of hydrogen-bond acceptors (Lipinski definition) is 4. The molecule has 0 aliphatic carbocycles. The molecule has 0 radical (unpaired) electrons. The van der Waals surface area contributed by atoms with Crippen LogP contribution in [0.25, 0.3) is 0 Å². The van der Waals surface area contributed by atoms with Gasteiger partial charge in [0.15, 0.2) is 0 Å². The van der Waals surface area contributed by atoms with Gasteiger partial charge in [-0.25, -0.2) is 4.79 Å². The minimum absolute atomic E-state index is 0.173. The molecule has 0 saturated carbocycles. The van der Waals surface area contributed by atoms with Gasteiger partial charge in [-0.2, -0.15) is 0 Å². The molecule has 20 heavy (non-hydrogen) atoms. The fraction of sp³-hybridized carbons (Fsp3) is 0.188. The van der Waals surface area contributed by atoms with Crippen molar-refractivity contribution >= 4 is 5.97 Å². The second-order valence-corrected chi connectivity index (χ2v) is 4.37. The first-order valence-corrected chi connectivity index (χ1v) is 6.36. The van der Waals surface area contributed by atoms with Crippen molar-refractivity contribution in [3.8, 4) is 0 Å². The summed E-state index contributed by atoms with van der Waals surface area (Å²) >= 11 is 0.